The molecule has 1 aliphatic heterocycles. The normalized spacial score (nSPS) is 19.0. The van der Waals surface area contributed by atoms with Crippen LogP contribution in [0.15, 0.2) is 45.5 Å². The highest BCUT2D eigenvalue weighted by molar-refractivity contribution is 9.10. The van der Waals surface area contributed by atoms with Crippen molar-refractivity contribution in [2.45, 2.75) is 25.9 Å². The molecule has 140 valence electrons. The lowest BCUT2D eigenvalue weighted by atomic mass is 10.2. The molecule has 8 heteroatoms. The second-order valence-corrected chi connectivity index (χ2v) is 9.69. The van der Waals surface area contributed by atoms with Crippen molar-refractivity contribution < 1.29 is 17.6 Å². The summed E-state index contributed by atoms with van der Waals surface area (Å²) in [7, 11) is -3.03. The standard InChI is InChI=1S/C18H21BrN2O4S/c1-13-9-14(19)4-5-17(13)20-18(22)11-21(10-16-3-2-7-25-16)15-6-8-26(23,24)12-15/h2-5,7,9,15H,6,8,10-12H2,1H3,(H,20,22)/t15-/m1/s1. The Morgan fingerprint density at radius 2 is 2.19 bits per heavy atom. The molecule has 1 saturated heterocycles. The van der Waals surface area contributed by atoms with Gasteiger partial charge in [0.05, 0.1) is 30.9 Å². The van der Waals surface area contributed by atoms with Gasteiger partial charge in [-0.2, -0.15) is 0 Å². The van der Waals surface area contributed by atoms with E-state index < -0.39 is 9.84 Å². The fourth-order valence-electron chi connectivity index (χ4n) is 3.12. The van der Waals surface area contributed by atoms with Gasteiger partial charge in [-0.25, -0.2) is 8.42 Å². The van der Waals surface area contributed by atoms with Crippen molar-refractivity contribution in [2.24, 2.45) is 0 Å². The third-order valence-corrected chi connectivity index (χ3v) is 6.72. The van der Waals surface area contributed by atoms with Crippen LogP contribution >= 0.6 is 15.9 Å². The van der Waals surface area contributed by atoms with Crippen LogP contribution in [0.25, 0.3) is 0 Å². The van der Waals surface area contributed by atoms with Crippen molar-refractivity contribution in [1.29, 1.82) is 0 Å². The van der Waals surface area contributed by atoms with Crippen molar-refractivity contribution >= 4 is 37.4 Å². The van der Waals surface area contributed by atoms with E-state index in [2.05, 4.69) is 21.2 Å². The van der Waals surface area contributed by atoms with Crippen LogP contribution in [0.4, 0.5) is 5.69 Å². The molecule has 3 rings (SSSR count). The fourth-order valence-corrected chi connectivity index (χ4v) is 5.36. The average molecular weight is 441 g/mol. The van der Waals surface area contributed by atoms with Gasteiger partial charge in [0.15, 0.2) is 9.84 Å². The van der Waals surface area contributed by atoms with Crippen LogP contribution in [0.1, 0.15) is 17.7 Å². The van der Waals surface area contributed by atoms with Crippen LogP contribution in [0.2, 0.25) is 0 Å². The highest BCUT2D eigenvalue weighted by Crippen LogP contribution is 2.22. The molecule has 0 radical (unpaired) electrons. The molecule has 1 N–H and O–H groups in total. The number of rotatable bonds is 6. The summed E-state index contributed by atoms with van der Waals surface area (Å²) in [6.07, 6.45) is 2.11. The van der Waals surface area contributed by atoms with Gasteiger partial charge in [-0.05, 0) is 49.2 Å². The Morgan fingerprint density at radius 1 is 1.38 bits per heavy atom. The number of aryl methyl sites for hydroxylation is 1. The molecular weight excluding hydrogens is 420 g/mol. The fraction of sp³-hybridized carbons (Fsp3) is 0.389. The quantitative estimate of drug-likeness (QED) is 0.746. The minimum absolute atomic E-state index is 0.0816. The highest BCUT2D eigenvalue weighted by atomic mass is 79.9. The Hall–Kier alpha value is -1.64. The number of nitrogens with zero attached hydrogens (tertiary/aromatic N) is 1. The number of benzene rings is 1. The highest BCUT2D eigenvalue weighted by Gasteiger charge is 2.33. The predicted molar refractivity (Wildman–Crippen MR) is 104 cm³/mol. The molecule has 1 aromatic heterocycles. The molecule has 2 heterocycles. The summed E-state index contributed by atoms with van der Waals surface area (Å²) in [5.74, 6) is 0.783. The third-order valence-electron chi connectivity index (χ3n) is 4.47. The number of nitrogens with one attached hydrogen (secondary N) is 1. The maximum atomic E-state index is 12.6. The van der Waals surface area contributed by atoms with E-state index in [1.807, 2.05) is 36.1 Å². The van der Waals surface area contributed by atoms with E-state index in [0.29, 0.717) is 18.7 Å². The monoisotopic (exact) mass is 440 g/mol. The number of hydrogen-bond donors (Lipinski definition) is 1. The molecule has 0 aliphatic carbocycles. The van der Waals surface area contributed by atoms with Gasteiger partial charge in [-0.1, -0.05) is 15.9 Å². The molecular formula is C18H21BrN2O4S. The summed E-state index contributed by atoms with van der Waals surface area (Å²) in [5.41, 5.74) is 1.70. The number of carbonyl (C=O) groups excluding carboxylic acids is 1. The first-order valence-corrected chi connectivity index (χ1v) is 11.0. The summed E-state index contributed by atoms with van der Waals surface area (Å²) in [4.78, 5) is 14.4. The number of anilines is 1. The van der Waals surface area contributed by atoms with Crippen LogP contribution in [0, 0.1) is 6.92 Å². The number of hydrogen-bond acceptors (Lipinski definition) is 5. The Kier molecular flexibility index (Phi) is 5.84. The van der Waals surface area contributed by atoms with Gasteiger partial charge in [-0.3, -0.25) is 9.69 Å². The molecule has 1 fully saturated rings. The van der Waals surface area contributed by atoms with Gasteiger partial charge < -0.3 is 9.73 Å². The summed E-state index contributed by atoms with van der Waals surface area (Å²) >= 11 is 3.40. The molecule has 1 aliphatic rings. The maximum Gasteiger partial charge on any atom is 0.238 e. The lowest BCUT2D eigenvalue weighted by Crippen LogP contribution is -2.41. The summed E-state index contributed by atoms with van der Waals surface area (Å²) in [5, 5.41) is 2.91. The van der Waals surface area contributed by atoms with Gasteiger partial charge in [0.2, 0.25) is 5.91 Å². The zero-order chi connectivity index (χ0) is 18.7. The molecule has 2 aromatic rings. The predicted octanol–water partition coefficient (Wildman–Crippen LogP) is 2.98. The van der Waals surface area contributed by atoms with Crippen LogP contribution in [0.3, 0.4) is 0 Å². The maximum absolute atomic E-state index is 12.6. The van der Waals surface area contributed by atoms with Gasteiger partial charge in [-0.15, -0.1) is 0 Å². The summed E-state index contributed by atoms with van der Waals surface area (Å²) in [6, 6.07) is 9.07. The van der Waals surface area contributed by atoms with Crippen LogP contribution < -0.4 is 5.32 Å². The Labute approximate surface area is 161 Å². The number of furan rings is 1. The Balaban J connectivity index is 1.71. The van der Waals surface area contributed by atoms with E-state index in [0.717, 1.165) is 15.7 Å². The van der Waals surface area contributed by atoms with E-state index in [1.165, 1.54) is 0 Å². The Morgan fingerprint density at radius 3 is 2.81 bits per heavy atom. The van der Waals surface area contributed by atoms with Crippen molar-refractivity contribution in [3.63, 3.8) is 0 Å². The first-order chi connectivity index (χ1) is 12.3. The van der Waals surface area contributed by atoms with Gasteiger partial charge in [0.25, 0.3) is 0 Å². The molecule has 0 saturated carbocycles. The van der Waals surface area contributed by atoms with E-state index in [1.54, 1.807) is 12.3 Å². The lowest BCUT2D eigenvalue weighted by molar-refractivity contribution is -0.118. The first-order valence-electron chi connectivity index (χ1n) is 8.35. The molecule has 1 atom stereocenters. The SMILES string of the molecule is Cc1cc(Br)ccc1NC(=O)CN(Cc1ccco1)[C@@H]1CCS(=O)(=O)C1. The number of halogens is 1. The average Bonchev–Trinajstić information content (AvgIpc) is 3.19. The zero-order valence-electron chi connectivity index (χ0n) is 14.4. The van der Waals surface area contributed by atoms with Crippen molar-refractivity contribution in [2.75, 3.05) is 23.4 Å². The molecule has 1 amide bonds. The van der Waals surface area contributed by atoms with Crippen molar-refractivity contribution in [1.82, 2.24) is 4.90 Å². The van der Waals surface area contributed by atoms with Crippen LogP contribution in [0.5, 0.6) is 0 Å². The molecule has 0 unspecified atom stereocenters. The van der Waals surface area contributed by atoms with E-state index >= 15 is 0 Å². The van der Waals surface area contributed by atoms with E-state index in [-0.39, 0.29) is 30.0 Å². The minimum atomic E-state index is -3.03. The topological polar surface area (TPSA) is 79.6 Å². The molecule has 0 spiro atoms. The molecule has 6 nitrogen and oxygen atoms in total. The van der Waals surface area contributed by atoms with Crippen molar-refractivity contribution in [3.8, 4) is 0 Å². The minimum Gasteiger partial charge on any atom is -0.468 e. The number of carbonyl (C=O) groups is 1. The largest absolute Gasteiger partial charge is 0.468 e. The number of sulfone groups is 1. The van der Waals surface area contributed by atoms with Gasteiger partial charge in [0.1, 0.15) is 5.76 Å². The lowest BCUT2D eigenvalue weighted by Gasteiger charge is -2.26. The summed E-state index contributed by atoms with van der Waals surface area (Å²) in [6.45, 7) is 2.43. The van der Waals surface area contributed by atoms with E-state index in [9.17, 15) is 13.2 Å². The van der Waals surface area contributed by atoms with Crippen LogP contribution in [-0.4, -0.2) is 43.3 Å². The van der Waals surface area contributed by atoms with Gasteiger partial charge >= 0.3 is 0 Å². The third kappa shape index (κ3) is 4.96. The zero-order valence-corrected chi connectivity index (χ0v) is 16.8. The van der Waals surface area contributed by atoms with Gasteiger partial charge in [0, 0.05) is 16.2 Å². The number of amides is 1. The second-order valence-electron chi connectivity index (χ2n) is 6.55. The second kappa shape index (κ2) is 7.94. The van der Waals surface area contributed by atoms with Crippen LogP contribution in [-0.2, 0) is 21.2 Å². The molecule has 1 aromatic carbocycles. The first kappa shape index (κ1) is 19.1. The Bertz CT molecular complexity index is 881. The summed E-state index contributed by atoms with van der Waals surface area (Å²) < 4.78 is 30.0. The van der Waals surface area contributed by atoms with E-state index in [4.69, 9.17) is 4.42 Å². The molecule has 26 heavy (non-hydrogen) atoms. The van der Waals surface area contributed by atoms with Crippen molar-refractivity contribution in [3.05, 3.63) is 52.4 Å². The smallest absolute Gasteiger partial charge is 0.238 e. The molecule has 0 bridgehead atoms.